The van der Waals surface area contributed by atoms with Gasteiger partial charge in [-0.25, -0.2) is 9.78 Å². The first kappa shape index (κ1) is 15.3. The number of hydrogen-bond acceptors (Lipinski definition) is 6. The standard InChI is InChI=1S/C17H15NO4S/c1-11-15(7-8-21-11)17(19)22-9-13-10-23-16(18-13)12-3-5-14(20-2)6-4-12/h3-8,10H,9H2,1-2H3. The predicted molar refractivity (Wildman–Crippen MR) is 86.7 cm³/mol. The lowest BCUT2D eigenvalue weighted by Gasteiger charge is -2.02. The van der Waals surface area contributed by atoms with E-state index in [1.54, 1.807) is 20.1 Å². The van der Waals surface area contributed by atoms with Crippen LogP contribution in [-0.4, -0.2) is 18.1 Å². The fourth-order valence-corrected chi connectivity index (χ4v) is 2.86. The average molecular weight is 329 g/mol. The Hall–Kier alpha value is -2.60. The van der Waals surface area contributed by atoms with Crippen LogP contribution in [-0.2, 0) is 11.3 Å². The fourth-order valence-electron chi connectivity index (χ4n) is 2.05. The summed E-state index contributed by atoms with van der Waals surface area (Å²) in [5.41, 5.74) is 2.16. The minimum absolute atomic E-state index is 0.135. The van der Waals surface area contributed by atoms with Gasteiger partial charge in [-0.1, -0.05) is 0 Å². The van der Waals surface area contributed by atoms with Crippen molar-refractivity contribution in [3.8, 4) is 16.3 Å². The molecule has 0 aliphatic heterocycles. The Balaban J connectivity index is 1.65. The lowest BCUT2D eigenvalue weighted by molar-refractivity contribution is 0.0466. The molecule has 0 radical (unpaired) electrons. The van der Waals surface area contributed by atoms with Gasteiger partial charge in [0.1, 0.15) is 28.7 Å². The van der Waals surface area contributed by atoms with Crippen molar-refractivity contribution in [2.75, 3.05) is 7.11 Å². The molecule has 3 rings (SSSR count). The van der Waals surface area contributed by atoms with Gasteiger partial charge in [0, 0.05) is 10.9 Å². The topological polar surface area (TPSA) is 61.6 Å². The van der Waals surface area contributed by atoms with Crippen molar-refractivity contribution in [2.24, 2.45) is 0 Å². The van der Waals surface area contributed by atoms with Crippen LogP contribution in [0.3, 0.4) is 0 Å². The third kappa shape index (κ3) is 3.43. The zero-order valence-electron chi connectivity index (χ0n) is 12.7. The highest BCUT2D eigenvalue weighted by Crippen LogP contribution is 2.26. The summed E-state index contributed by atoms with van der Waals surface area (Å²) in [4.78, 5) is 16.4. The smallest absolute Gasteiger partial charge is 0.342 e. The van der Waals surface area contributed by atoms with Crippen molar-refractivity contribution in [3.63, 3.8) is 0 Å². The zero-order valence-corrected chi connectivity index (χ0v) is 13.6. The second kappa shape index (κ2) is 6.66. The summed E-state index contributed by atoms with van der Waals surface area (Å²) in [6.07, 6.45) is 1.47. The molecule has 0 aliphatic rings. The second-order valence-corrected chi connectivity index (χ2v) is 5.70. The number of aromatic nitrogens is 1. The summed E-state index contributed by atoms with van der Waals surface area (Å²) >= 11 is 1.51. The van der Waals surface area contributed by atoms with Crippen LogP contribution in [0, 0.1) is 6.92 Å². The van der Waals surface area contributed by atoms with Crippen LogP contribution >= 0.6 is 11.3 Å². The maximum Gasteiger partial charge on any atom is 0.342 e. The van der Waals surface area contributed by atoms with Gasteiger partial charge in [0.25, 0.3) is 0 Å². The SMILES string of the molecule is COc1ccc(-c2nc(COC(=O)c3ccoc3C)cs2)cc1. The number of carbonyl (C=O) groups is 1. The molecule has 3 aromatic rings. The van der Waals surface area contributed by atoms with Gasteiger partial charge in [0.15, 0.2) is 0 Å². The van der Waals surface area contributed by atoms with Gasteiger partial charge >= 0.3 is 5.97 Å². The van der Waals surface area contributed by atoms with Crippen LogP contribution in [0.25, 0.3) is 10.6 Å². The highest BCUT2D eigenvalue weighted by atomic mass is 32.1. The zero-order chi connectivity index (χ0) is 16.2. The Morgan fingerprint density at radius 2 is 2.04 bits per heavy atom. The maximum atomic E-state index is 11.9. The molecule has 0 saturated carbocycles. The Kier molecular flexibility index (Phi) is 4.43. The van der Waals surface area contributed by atoms with Crippen LogP contribution in [0.2, 0.25) is 0 Å². The van der Waals surface area contributed by atoms with Gasteiger partial charge in [-0.15, -0.1) is 11.3 Å². The molecule has 118 valence electrons. The molecule has 23 heavy (non-hydrogen) atoms. The van der Waals surface area contributed by atoms with Crippen molar-refractivity contribution < 1.29 is 18.7 Å². The number of furan rings is 1. The van der Waals surface area contributed by atoms with E-state index in [9.17, 15) is 4.79 Å². The molecule has 0 bridgehead atoms. The third-order valence-corrected chi connectivity index (χ3v) is 4.26. The summed E-state index contributed by atoms with van der Waals surface area (Å²) < 4.78 is 15.5. The van der Waals surface area contributed by atoms with Gasteiger partial charge < -0.3 is 13.9 Å². The average Bonchev–Trinajstić information content (AvgIpc) is 3.22. The Labute approximate surface area is 137 Å². The monoisotopic (exact) mass is 329 g/mol. The van der Waals surface area contributed by atoms with E-state index in [1.165, 1.54) is 17.6 Å². The highest BCUT2D eigenvalue weighted by molar-refractivity contribution is 7.13. The molecule has 2 aromatic heterocycles. The number of hydrogen-bond donors (Lipinski definition) is 0. The number of methoxy groups -OCH3 is 1. The molecule has 1 aromatic carbocycles. The number of aryl methyl sites for hydroxylation is 1. The first-order valence-electron chi connectivity index (χ1n) is 6.97. The van der Waals surface area contributed by atoms with Crippen molar-refractivity contribution >= 4 is 17.3 Å². The highest BCUT2D eigenvalue weighted by Gasteiger charge is 2.14. The first-order valence-corrected chi connectivity index (χ1v) is 7.85. The lowest BCUT2D eigenvalue weighted by Crippen LogP contribution is -2.05. The van der Waals surface area contributed by atoms with Crippen molar-refractivity contribution in [2.45, 2.75) is 13.5 Å². The van der Waals surface area contributed by atoms with E-state index in [4.69, 9.17) is 13.9 Å². The van der Waals surface area contributed by atoms with E-state index < -0.39 is 5.97 Å². The van der Waals surface area contributed by atoms with Gasteiger partial charge in [-0.3, -0.25) is 0 Å². The number of benzene rings is 1. The first-order chi connectivity index (χ1) is 11.2. The molecule has 0 unspecified atom stereocenters. The molecular formula is C17H15NO4S. The van der Waals surface area contributed by atoms with E-state index in [0.717, 1.165) is 22.0 Å². The normalized spacial score (nSPS) is 10.5. The number of thiazole rings is 1. The maximum absolute atomic E-state index is 11.9. The van der Waals surface area contributed by atoms with Crippen LogP contribution in [0.15, 0.2) is 46.4 Å². The molecular weight excluding hydrogens is 314 g/mol. The van der Waals surface area contributed by atoms with E-state index in [1.807, 2.05) is 29.6 Å². The summed E-state index contributed by atoms with van der Waals surface area (Å²) in [5.74, 6) is 0.942. The fraction of sp³-hybridized carbons (Fsp3) is 0.176. The van der Waals surface area contributed by atoms with Crippen LogP contribution < -0.4 is 4.74 Å². The van der Waals surface area contributed by atoms with Gasteiger partial charge in [0.2, 0.25) is 0 Å². The number of esters is 1. The molecule has 6 heteroatoms. The van der Waals surface area contributed by atoms with Gasteiger partial charge in [0.05, 0.1) is 19.1 Å². The summed E-state index contributed by atoms with van der Waals surface area (Å²) in [7, 11) is 1.63. The second-order valence-electron chi connectivity index (χ2n) is 4.84. The molecule has 5 nitrogen and oxygen atoms in total. The summed E-state index contributed by atoms with van der Waals surface area (Å²) in [6, 6.07) is 9.27. The molecule has 0 aliphatic carbocycles. The number of ether oxygens (including phenoxy) is 2. The van der Waals surface area contributed by atoms with Crippen molar-refractivity contribution in [1.82, 2.24) is 4.98 Å². The molecule has 0 fully saturated rings. The number of carbonyl (C=O) groups excluding carboxylic acids is 1. The number of nitrogens with zero attached hydrogens (tertiary/aromatic N) is 1. The minimum Gasteiger partial charge on any atom is -0.497 e. The molecule has 0 spiro atoms. The molecule has 0 saturated heterocycles. The molecule has 0 atom stereocenters. The van der Waals surface area contributed by atoms with E-state index >= 15 is 0 Å². The van der Waals surface area contributed by atoms with E-state index in [2.05, 4.69) is 4.98 Å². The van der Waals surface area contributed by atoms with Crippen molar-refractivity contribution in [1.29, 1.82) is 0 Å². The van der Waals surface area contributed by atoms with Gasteiger partial charge in [-0.05, 0) is 37.3 Å². The van der Waals surface area contributed by atoms with E-state index in [-0.39, 0.29) is 6.61 Å². The largest absolute Gasteiger partial charge is 0.497 e. The molecule has 0 N–H and O–H groups in total. The van der Waals surface area contributed by atoms with Crippen molar-refractivity contribution in [3.05, 3.63) is 59.0 Å². The number of rotatable bonds is 5. The quantitative estimate of drug-likeness (QED) is 0.660. The van der Waals surface area contributed by atoms with Crippen LogP contribution in [0.5, 0.6) is 5.75 Å². The Morgan fingerprint density at radius 1 is 1.26 bits per heavy atom. The van der Waals surface area contributed by atoms with Crippen LogP contribution in [0.1, 0.15) is 21.8 Å². The molecule has 0 amide bonds. The summed E-state index contributed by atoms with van der Waals surface area (Å²) in [6.45, 7) is 1.86. The Bertz CT molecular complexity index is 804. The van der Waals surface area contributed by atoms with Crippen LogP contribution in [0.4, 0.5) is 0 Å². The predicted octanol–water partition coefficient (Wildman–Crippen LogP) is 4.08. The van der Waals surface area contributed by atoms with E-state index in [0.29, 0.717) is 11.3 Å². The molecule has 2 heterocycles. The third-order valence-electron chi connectivity index (χ3n) is 3.32. The lowest BCUT2D eigenvalue weighted by atomic mass is 10.2. The van der Waals surface area contributed by atoms with Gasteiger partial charge in [-0.2, -0.15) is 0 Å². The summed E-state index contributed by atoms with van der Waals surface area (Å²) in [5, 5.41) is 2.76. The Morgan fingerprint density at radius 3 is 2.70 bits per heavy atom. The minimum atomic E-state index is -0.407.